The number of aromatic amines is 1. The second-order valence-electron chi connectivity index (χ2n) is 10.5. The molecule has 0 bridgehead atoms. The number of nitrogens with one attached hydrogen (secondary N) is 1. The molecule has 3 aromatic carbocycles. The van der Waals surface area contributed by atoms with Gasteiger partial charge in [0.2, 0.25) is 0 Å². The number of pyridine rings is 1. The fraction of sp³-hybridized carbons (Fsp3) is 0.290. The van der Waals surface area contributed by atoms with E-state index in [9.17, 15) is 9.18 Å². The highest BCUT2D eigenvalue weighted by Crippen LogP contribution is 2.30. The average molecular weight is 538 g/mol. The summed E-state index contributed by atoms with van der Waals surface area (Å²) in [6.07, 6.45) is 0.774. The molecule has 0 unspecified atom stereocenters. The Hall–Kier alpha value is -4.37. The van der Waals surface area contributed by atoms with Crippen LogP contribution in [0.25, 0.3) is 10.9 Å². The number of tetrazole rings is 1. The summed E-state index contributed by atoms with van der Waals surface area (Å²) in [7, 11) is 0. The van der Waals surface area contributed by atoms with Gasteiger partial charge in [0.1, 0.15) is 11.9 Å². The van der Waals surface area contributed by atoms with E-state index in [-0.39, 0.29) is 11.4 Å². The standard InChI is InChI=1S/C31H32FN7O/c1-21-18-22(2)28-24(19-21)20-27(31(40)33-28)29(30-34-35-36-39(30)13-12-23-6-4-3-5-7-23)38-16-14-37(15-17-38)26-10-8-25(32)9-11-26/h3-11,18-20,29H,12-17H2,1-2H3,(H,33,40)/t29-/m1/s1. The molecule has 0 radical (unpaired) electrons. The summed E-state index contributed by atoms with van der Waals surface area (Å²) in [6.45, 7) is 7.53. The van der Waals surface area contributed by atoms with E-state index >= 15 is 0 Å². The van der Waals surface area contributed by atoms with Crippen LogP contribution < -0.4 is 10.5 Å². The molecule has 9 heteroatoms. The van der Waals surface area contributed by atoms with Crippen molar-refractivity contribution in [3.8, 4) is 0 Å². The van der Waals surface area contributed by atoms with Crippen molar-refractivity contribution in [2.75, 3.05) is 31.1 Å². The van der Waals surface area contributed by atoms with Gasteiger partial charge < -0.3 is 9.88 Å². The Labute approximate surface area is 232 Å². The first-order chi connectivity index (χ1) is 19.5. The van der Waals surface area contributed by atoms with Crippen molar-refractivity contribution in [1.29, 1.82) is 0 Å². The normalized spacial score (nSPS) is 15.0. The lowest BCUT2D eigenvalue weighted by Gasteiger charge is -2.39. The molecular weight excluding hydrogens is 505 g/mol. The summed E-state index contributed by atoms with van der Waals surface area (Å²) in [5.41, 5.74) is 5.70. The Morgan fingerprint density at radius 2 is 1.70 bits per heavy atom. The lowest BCUT2D eigenvalue weighted by Crippen LogP contribution is -2.49. The molecule has 1 atom stereocenters. The van der Waals surface area contributed by atoms with Crippen molar-refractivity contribution in [3.63, 3.8) is 0 Å². The number of halogens is 1. The largest absolute Gasteiger partial charge is 0.369 e. The van der Waals surface area contributed by atoms with Crippen LogP contribution in [0.1, 0.15) is 34.1 Å². The molecule has 204 valence electrons. The van der Waals surface area contributed by atoms with Gasteiger partial charge in [-0.1, -0.05) is 42.0 Å². The van der Waals surface area contributed by atoms with Crippen molar-refractivity contribution in [1.82, 2.24) is 30.1 Å². The van der Waals surface area contributed by atoms with Crippen LogP contribution in [-0.4, -0.2) is 56.3 Å². The molecule has 1 saturated heterocycles. The zero-order valence-corrected chi connectivity index (χ0v) is 22.7. The number of piperazine rings is 1. The van der Waals surface area contributed by atoms with Gasteiger partial charge in [-0.3, -0.25) is 9.69 Å². The smallest absolute Gasteiger partial charge is 0.253 e. The minimum absolute atomic E-state index is 0.136. The molecule has 0 spiro atoms. The Balaban J connectivity index is 1.36. The number of benzene rings is 3. The van der Waals surface area contributed by atoms with Crippen molar-refractivity contribution in [3.05, 3.63) is 117 Å². The zero-order chi connectivity index (χ0) is 27.6. The first-order valence-electron chi connectivity index (χ1n) is 13.6. The third-order valence-electron chi connectivity index (χ3n) is 7.75. The number of hydrogen-bond acceptors (Lipinski definition) is 6. The Morgan fingerprint density at radius 1 is 0.950 bits per heavy atom. The SMILES string of the molecule is Cc1cc(C)c2[nH]c(=O)c([C@H](c3nnnn3CCc3ccccc3)N3CCN(c4ccc(F)cc4)CC3)cc2c1. The average Bonchev–Trinajstić information content (AvgIpc) is 3.42. The van der Waals surface area contributed by atoms with Crippen LogP contribution in [0.5, 0.6) is 0 Å². The predicted octanol–water partition coefficient (Wildman–Crippen LogP) is 4.42. The maximum absolute atomic E-state index is 13.7. The molecule has 6 rings (SSSR count). The third-order valence-corrected chi connectivity index (χ3v) is 7.75. The summed E-state index contributed by atoms with van der Waals surface area (Å²) in [5.74, 6) is 0.409. The highest BCUT2D eigenvalue weighted by molar-refractivity contribution is 5.83. The van der Waals surface area contributed by atoms with Crippen LogP contribution >= 0.6 is 0 Å². The van der Waals surface area contributed by atoms with Gasteiger partial charge in [-0.2, -0.15) is 0 Å². The molecule has 0 saturated carbocycles. The topological polar surface area (TPSA) is 82.9 Å². The van der Waals surface area contributed by atoms with E-state index in [0.717, 1.165) is 47.2 Å². The zero-order valence-electron chi connectivity index (χ0n) is 22.7. The molecule has 3 heterocycles. The van der Waals surface area contributed by atoms with Gasteiger partial charge in [0, 0.05) is 44.0 Å². The number of aryl methyl sites for hydroxylation is 4. The van der Waals surface area contributed by atoms with Gasteiger partial charge in [-0.15, -0.1) is 5.10 Å². The molecule has 5 aromatic rings. The number of aromatic nitrogens is 5. The van der Waals surface area contributed by atoms with E-state index < -0.39 is 6.04 Å². The van der Waals surface area contributed by atoms with Crippen molar-refractivity contribution < 1.29 is 4.39 Å². The first-order valence-corrected chi connectivity index (χ1v) is 13.6. The van der Waals surface area contributed by atoms with Crippen molar-refractivity contribution >= 4 is 16.6 Å². The number of anilines is 1. The summed E-state index contributed by atoms with van der Waals surface area (Å²) >= 11 is 0. The van der Waals surface area contributed by atoms with Crippen LogP contribution in [0, 0.1) is 19.7 Å². The lowest BCUT2D eigenvalue weighted by molar-refractivity contribution is 0.199. The van der Waals surface area contributed by atoms with Crippen LogP contribution in [0.2, 0.25) is 0 Å². The van der Waals surface area contributed by atoms with E-state index in [1.165, 1.54) is 17.7 Å². The van der Waals surface area contributed by atoms with Crippen LogP contribution in [0.4, 0.5) is 10.1 Å². The van der Waals surface area contributed by atoms with E-state index in [0.29, 0.717) is 31.0 Å². The summed E-state index contributed by atoms with van der Waals surface area (Å²) in [5, 5.41) is 13.8. The maximum atomic E-state index is 13.7. The lowest BCUT2D eigenvalue weighted by atomic mass is 10.00. The fourth-order valence-corrected chi connectivity index (χ4v) is 5.74. The van der Waals surface area contributed by atoms with E-state index in [4.69, 9.17) is 0 Å². The van der Waals surface area contributed by atoms with E-state index in [1.54, 1.807) is 0 Å². The van der Waals surface area contributed by atoms with Crippen molar-refractivity contribution in [2.24, 2.45) is 0 Å². The molecule has 0 aliphatic carbocycles. The quantitative estimate of drug-likeness (QED) is 0.331. The molecule has 8 nitrogen and oxygen atoms in total. The summed E-state index contributed by atoms with van der Waals surface area (Å²) in [6, 6.07) is 22.6. The highest BCUT2D eigenvalue weighted by Gasteiger charge is 2.33. The maximum Gasteiger partial charge on any atom is 0.253 e. The molecule has 40 heavy (non-hydrogen) atoms. The molecule has 1 aliphatic rings. The van der Waals surface area contributed by atoms with Gasteiger partial charge in [0.05, 0.1) is 5.52 Å². The van der Waals surface area contributed by atoms with Crippen molar-refractivity contribution in [2.45, 2.75) is 32.9 Å². The Bertz CT molecular complexity index is 1670. The third kappa shape index (κ3) is 5.24. The minimum atomic E-state index is -0.421. The van der Waals surface area contributed by atoms with Gasteiger partial charge in [0.15, 0.2) is 5.82 Å². The van der Waals surface area contributed by atoms with Crippen LogP contribution in [0.15, 0.2) is 77.6 Å². The number of hydrogen-bond donors (Lipinski definition) is 1. The van der Waals surface area contributed by atoms with Gasteiger partial charge in [-0.25, -0.2) is 9.07 Å². The molecule has 1 N–H and O–H groups in total. The second kappa shape index (κ2) is 11.0. The number of fused-ring (bicyclic) bond motifs is 1. The summed E-state index contributed by atoms with van der Waals surface area (Å²) in [4.78, 5) is 21.3. The van der Waals surface area contributed by atoms with Gasteiger partial charge in [0.25, 0.3) is 5.56 Å². The van der Waals surface area contributed by atoms with Crippen LogP contribution in [-0.2, 0) is 13.0 Å². The Morgan fingerprint density at radius 3 is 2.45 bits per heavy atom. The molecule has 1 aliphatic heterocycles. The molecule has 1 fully saturated rings. The van der Waals surface area contributed by atoms with E-state index in [2.05, 4.69) is 61.5 Å². The number of nitrogens with zero attached hydrogens (tertiary/aromatic N) is 6. The van der Waals surface area contributed by atoms with Crippen LogP contribution in [0.3, 0.4) is 0 Å². The fourth-order valence-electron chi connectivity index (χ4n) is 5.74. The second-order valence-corrected chi connectivity index (χ2v) is 10.5. The van der Waals surface area contributed by atoms with Gasteiger partial charge >= 0.3 is 0 Å². The molecule has 0 amide bonds. The Kier molecular flexibility index (Phi) is 7.13. The van der Waals surface area contributed by atoms with Gasteiger partial charge in [-0.05, 0) is 83.6 Å². The predicted molar refractivity (Wildman–Crippen MR) is 154 cm³/mol. The first kappa shape index (κ1) is 25.9. The monoisotopic (exact) mass is 537 g/mol. The number of H-pyrrole nitrogens is 1. The van der Waals surface area contributed by atoms with E-state index in [1.807, 2.05) is 48.0 Å². The number of rotatable bonds is 7. The molecule has 2 aromatic heterocycles. The highest BCUT2D eigenvalue weighted by atomic mass is 19.1. The summed E-state index contributed by atoms with van der Waals surface area (Å²) < 4.78 is 15.3. The minimum Gasteiger partial charge on any atom is -0.369 e. The molecular formula is C31H32FN7O.